The summed E-state index contributed by atoms with van der Waals surface area (Å²) in [4.78, 5) is 11.0. The van der Waals surface area contributed by atoms with Crippen LogP contribution in [0.25, 0.3) is 0 Å². The molecule has 0 heterocycles. The normalized spacial score (nSPS) is 17.0. The van der Waals surface area contributed by atoms with Gasteiger partial charge < -0.3 is 10.2 Å². The van der Waals surface area contributed by atoms with Gasteiger partial charge in [-0.1, -0.05) is 44.2 Å². The van der Waals surface area contributed by atoms with E-state index < -0.39 is 18.2 Å². The summed E-state index contributed by atoms with van der Waals surface area (Å²) in [6.45, 7) is 5.76. The second kappa shape index (κ2) is 9.18. The number of carbonyl (C=O) groups is 1. The smallest absolute Gasteiger partial charge is 0.320 e. The molecule has 0 amide bonds. The summed E-state index contributed by atoms with van der Waals surface area (Å²) in [5.41, 5.74) is 1.11. The Hall–Kier alpha value is -1.04. The van der Waals surface area contributed by atoms with Gasteiger partial charge in [-0.2, -0.15) is 12.6 Å². The largest absolute Gasteiger partial charge is 0.480 e. The average Bonchev–Trinajstić information content (AvgIpc) is 2.44. The first kappa shape index (κ1) is 19.0. The summed E-state index contributed by atoms with van der Waals surface area (Å²) in [6, 6.07) is 9.09. The zero-order valence-corrected chi connectivity index (χ0v) is 14.3. The molecule has 0 aliphatic rings. The van der Waals surface area contributed by atoms with E-state index in [1.54, 1.807) is 0 Å². The quantitative estimate of drug-likeness (QED) is 0.416. The number of aliphatic hydroxyl groups excluding tert-OH is 1. The van der Waals surface area contributed by atoms with Gasteiger partial charge in [0.25, 0.3) is 0 Å². The van der Waals surface area contributed by atoms with E-state index in [1.807, 2.05) is 30.3 Å². The molecule has 4 atom stereocenters. The number of aliphatic hydroxyl groups is 1. The fraction of sp³-hybridized carbons (Fsp3) is 0.588. The van der Waals surface area contributed by atoms with Crippen LogP contribution in [0, 0.1) is 11.8 Å². The highest BCUT2D eigenvalue weighted by Gasteiger charge is 2.29. The van der Waals surface area contributed by atoms with Crippen LogP contribution in [0.1, 0.15) is 32.8 Å². The number of hydrogen-bond acceptors (Lipinski definition) is 4. The zero-order chi connectivity index (χ0) is 16.7. The maximum Gasteiger partial charge on any atom is 0.320 e. The van der Waals surface area contributed by atoms with E-state index in [1.165, 1.54) is 6.92 Å². The third-order valence-electron chi connectivity index (χ3n) is 3.72. The second-order valence-corrected chi connectivity index (χ2v) is 6.89. The van der Waals surface area contributed by atoms with Crippen molar-refractivity contribution in [3.05, 3.63) is 35.9 Å². The second-order valence-electron chi connectivity index (χ2n) is 6.22. The molecule has 22 heavy (non-hydrogen) atoms. The van der Waals surface area contributed by atoms with Gasteiger partial charge in [0, 0.05) is 11.2 Å². The molecule has 3 N–H and O–H groups in total. The molecule has 0 aromatic heterocycles. The molecule has 0 spiro atoms. The van der Waals surface area contributed by atoms with Gasteiger partial charge in [0.2, 0.25) is 0 Å². The van der Waals surface area contributed by atoms with Crippen molar-refractivity contribution in [2.45, 2.75) is 51.1 Å². The molecule has 4 nitrogen and oxygen atoms in total. The molecule has 5 heteroatoms. The van der Waals surface area contributed by atoms with Crippen LogP contribution in [0.3, 0.4) is 0 Å². The van der Waals surface area contributed by atoms with E-state index in [-0.39, 0.29) is 11.2 Å². The Morgan fingerprint density at radius 2 is 1.82 bits per heavy atom. The molecule has 0 saturated heterocycles. The number of benzene rings is 1. The summed E-state index contributed by atoms with van der Waals surface area (Å²) in [7, 11) is 0. The van der Waals surface area contributed by atoms with Gasteiger partial charge in [-0.15, -0.1) is 0 Å². The minimum atomic E-state index is -0.975. The third-order valence-corrected chi connectivity index (χ3v) is 4.31. The monoisotopic (exact) mass is 325 g/mol. The van der Waals surface area contributed by atoms with E-state index >= 15 is 0 Å². The van der Waals surface area contributed by atoms with Gasteiger partial charge in [-0.25, -0.2) is 0 Å². The Kier molecular flexibility index (Phi) is 7.93. The highest BCUT2D eigenvalue weighted by atomic mass is 32.1. The van der Waals surface area contributed by atoms with Gasteiger partial charge in [0.15, 0.2) is 0 Å². The van der Waals surface area contributed by atoms with Gasteiger partial charge in [-0.3, -0.25) is 10.1 Å². The van der Waals surface area contributed by atoms with E-state index in [0.29, 0.717) is 12.3 Å². The van der Waals surface area contributed by atoms with Crippen LogP contribution >= 0.6 is 12.6 Å². The van der Waals surface area contributed by atoms with Crippen molar-refractivity contribution in [2.75, 3.05) is 0 Å². The molecule has 1 aromatic rings. The first-order chi connectivity index (χ1) is 10.3. The van der Waals surface area contributed by atoms with Crippen molar-refractivity contribution in [1.29, 1.82) is 0 Å². The van der Waals surface area contributed by atoms with Crippen molar-refractivity contribution in [1.82, 2.24) is 5.32 Å². The van der Waals surface area contributed by atoms with E-state index in [2.05, 4.69) is 31.8 Å². The Labute approximate surface area is 138 Å². The molecule has 0 saturated carbocycles. The Morgan fingerprint density at radius 1 is 1.23 bits per heavy atom. The first-order valence-electron chi connectivity index (χ1n) is 7.70. The first-order valence-corrected chi connectivity index (χ1v) is 8.21. The summed E-state index contributed by atoms with van der Waals surface area (Å²) in [5.74, 6) is -0.670. The molecule has 0 aliphatic heterocycles. The predicted octanol–water partition coefficient (Wildman–Crippen LogP) is 2.57. The Morgan fingerprint density at radius 3 is 2.32 bits per heavy atom. The van der Waals surface area contributed by atoms with Crippen molar-refractivity contribution in [3.63, 3.8) is 0 Å². The number of nitrogens with one attached hydrogen (secondary N) is 1. The molecule has 0 fully saturated rings. The van der Waals surface area contributed by atoms with Crippen LogP contribution in [-0.2, 0) is 11.2 Å². The van der Waals surface area contributed by atoms with Gasteiger partial charge in [0.05, 0.1) is 0 Å². The molecular weight excluding hydrogens is 298 g/mol. The number of hydrogen-bond donors (Lipinski definition) is 4. The zero-order valence-electron chi connectivity index (χ0n) is 13.4. The van der Waals surface area contributed by atoms with Crippen molar-refractivity contribution in [3.8, 4) is 0 Å². The Bertz CT molecular complexity index is 452. The maximum atomic E-state index is 11.0. The summed E-state index contributed by atoms with van der Waals surface area (Å²) >= 11 is 4.66. The lowest BCUT2D eigenvalue weighted by atomic mass is 9.89. The number of thiol groups is 1. The minimum absolute atomic E-state index is 0.0105. The minimum Gasteiger partial charge on any atom is -0.480 e. The summed E-state index contributed by atoms with van der Waals surface area (Å²) in [5, 5.41) is 22.2. The molecule has 0 radical (unpaired) electrons. The van der Waals surface area contributed by atoms with Crippen molar-refractivity contribution >= 4 is 18.6 Å². The van der Waals surface area contributed by atoms with E-state index in [0.717, 1.165) is 12.0 Å². The predicted molar refractivity (Wildman–Crippen MR) is 92.1 cm³/mol. The molecule has 1 aromatic carbocycles. The molecule has 0 aliphatic carbocycles. The summed E-state index contributed by atoms with van der Waals surface area (Å²) in [6.07, 6.45) is 0.607. The van der Waals surface area contributed by atoms with Crippen LogP contribution in [-0.4, -0.2) is 33.7 Å². The third kappa shape index (κ3) is 6.38. The molecule has 124 valence electrons. The lowest BCUT2D eigenvalue weighted by Gasteiger charge is -2.31. The molecular formula is C17H27NO3S. The van der Waals surface area contributed by atoms with Crippen LogP contribution in [0.4, 0.5) is 0 Å². The molecule has 1 rings (SSSR count). The van der Waals surface area contributed by atoms with Crippen molar-refractivity contribution in [2.24, 2.45) is 11.8 Å². The van der Waals surface area contributed by atoms with Crippen LogP contribution in [0.5, 0.6) is 0 Å². The fourth-order valence-corrected chi connectivity index (χ4v) is 3.14. The lowest BCUT2D eigenvalue weighted by molar-refractivity contribution is -0.140. The van der Waals surface area contributed by atoms with Gasteiger partial charge >= 0.3 is 5.97 Å². The topological polar surface area (TPSA) is 69.6 Å². The van der Waals surface area contributed by atoms with Gasteiger partial charge in [-0.05, 0) is 31.2 Å². The number of rotatable bonds is 9. The number of carboxylic acids is 1. The number of carboxylic acid groups (broad SMARTS) is 1. The number of aliphatic carboxylic acids is 1. The highest BCUT2D eigenvalue weighted by molar-refractivity contribution is 7.81. The van der Waals surface area contributed by atoms with Crippen LogP contribution in [0.15, 0.2) is 30.3 Å². The van der Waals surface area contributed by atoms with Crippen LogP contribution < -0.4 is 5.32 Å². The van der Waals surface area contributed by atoms with Crippen LogP contribution in [0.2, 0.25) is 0 Å². The van der Waals surface area contributed by atoms with Gasteiger partial charge in [0.1, 0.15) is 12.3 Å². The van der Waals surface area contributed by atoms with Crippen molar-refractivity contribution < 1.29 is 15.0 Å². The standard InChI is InChI=1S/C17H27NO3S/c1-11(2)9-15(22)14(10-13-7-5-4-6-8-13)16(19)18-12(3)17(20)21/h4-8,11-12,14-16,18-19,22H,9-10H2,1-3H3,(H,20,21). The fourth-order valence-electron chi connectivity index (χ4n) is 2.45. The Balaban J connectivity index is 2.82. The van der Waals surface area contributed by atoms with E-state index in [9.17, 15) is 9.90 Å². The average molecular weight is 325 g/mol. The van der Waals surface area contributed by atoms with E-state index in [4.69, 9.17) is 5.11 Å². The highest BCUT2D eigenvalue weighted by Crippen LogP contribution is 2.25. The SMILES string of the molecule is CC(C)CC(S)C(Cc1ccccc1)C(O)NC(C)C(=O)O. The lowest BCUT2D eigenvalue weighted by Crippen LogP contribution is -2.48. The molecule has 4 unspecified atom stereocenters. The summed E-state index contributed by atoms with van der Waals surface area (Å²) < 4.78 is 0. The molecule has 0 bridgehead atoms. The maximum absolute atomic E-state index is 11.0.